The van der Waals surface area contributed by atoms with E-state index in [1.807, 2.05) is 0 Å². The first-order chi connectivity index (χ1) is 11.6. The molecule has 0 aromatic heterocycles. The molecule has 1 saturated carbocycles. The molecule has 2 fully saturated rings. The summed E-state index contributed by atoms with van der Waals surface area (Å²) in [6.45, 7) is 1.69. The number of hydrogen-bond donors (Lipinski definition) is 2. The molecule has 0 unspecified atom stereocenters. The maximum atomic E-state index is 13.1. The second kappa shape index (κ2) is 6.89. The molecule has 1 aromatic carbocycles. The minimum absolute atomic E-state index is 0.0893. The van der Waals surface area contributed by atoms with Crippen LogP contribution in [0.5, 0.6) is 17.2 Å². The van der Waals surface area contributed by atoms with Gasteiger partial charge in [-0.25, -0.2) is 0 Å². The standard InChI is InChI=1S/C18H26N2O4/c1-22-14-8-13(9-15(23-2)16(14)24-3)20-17(21)18-7-5-4-6-12(18)10-19-11-18/h8-9,12,19H,4-7,10-11H2,1-3H3,(H,20,21)/t12-,18+/m0/s1. The Morgan fingerprint density at radius 3 is 2.50 bits per heavy atom. The molecule has 1 heterocycles. The summed E-state index contributed by atoms with van der Waals surface area (Å²) in [6.07, 6.45) is 4.39. The van der Waals surface area contributed by atoms with E-state index in [1.54, 1.807) is 33.5 Å². The lowest BCUT2D eigenvalue weighted by Gasteiger charge is -2.37. The summed E-state index contributed by atoms with van der Waals surface area (Å²) >= 11 is 0. The van der Waals surface area contributed by atoms with Crippen molar-refractivity contribution in [2.75, 3.05) is 39.7 Å². The zero-order valence-corrected chi connectivity index (χ0v) is 14.6. The molecule has 2 aliphatic rings. The van der Waals surface area contributed by atoms with Crippen LogP contribution in [0.1, 0.15) is 25.7 Å². The van der Waals surface area contributed by atoms with Gasteiger partial charge in [0.05, 0.1) is 26.7 Å². The summed E-state index contributed by atoms with van der Waals surface area (Å²) < 4.78 is 16.1. The van der Waals surface area contributed by atoms with Crippen molar-refractivity contribution in [3.05, 3.63) is 12.1 Å². The molecule has 3 rings (SSSR count). The van der Waals surface area contributed by atoms with Crippen LogP contribution in [0.15, 0.2) is 12.1 Å². The summed E-state index contributed by atoms with van der Waals surface area (Å²) in [5.74, 6) is 2.11. The molecule has 1 aromatic rings. The zero-order valence-electron chi connectivity index (χ0n) is 14.6. The van der Waals surface area contributed by atoms with Gasteiger partial charge in [-0.1, -0.05) is 12.8 Å². The van der Waals surface area contributed by atoms with Crippen LogP contribution in [-0.2, 0) is 4.79 Å². The van der Waals surface area contributed by atoms with E-state index >= 15 is 0 Å². The number of fused-ring (bicyclic) bond motifs is 1. The van der Waals surface area contributed by atoms with E-state index in [0.29, 0.717) is 28.9 Å². The average molecular weight is 334 g/mol. The molecular formula is C18H26N2O4. The maximum Gasteiger partial charge on any atom is 0.232 e. The highest BCUT2D eigenvalue weighted by atomic mass is 16.5. The first-order valence-corrected chi connectivity index (χ1v) is 8.47. The van der Waals surface area contributed by atoms with Gasteiger partial charge in [0.1, 0.15) is 0 Å². The molecule has 1 aliphatic heterocycles. The Balaban J connectivity index is 1.86. The molecule has 2 atom stereocenters. The number of rotatable bonds is 5. The Morgan fingerprint density at radius 2 is 1.88 bits per heavy atom. The van der Waals surface area contributed by atoms with Gasteiger partial charge in [-0.3, -0.25) is 4.79 Å². The van der Waals surface area contributed by atoms with Gasteiger partial charge in [0.25, 0.3) is 0 Å². The SMILES string of the molecule is COc1cc(NC(=O)[C@@]23CCCC[C@H]2CNC3)cc(OC)c1OC. The summed E-state index contributed by atoms with van der Waals surface area (Å²) in [6, 6.07) is 3.55. The van der Waals surface area contributed by atoms with E-state index in [1.165, 1.54) is 6.42 Å². The smallest absolute Gasteiger partial charge is 0.232 e. The fraction of sp³-hybridized carbons (Fsp3) is 0.611. The Hall–Kier alpha value is -1.95. The monoisotopic (exact) mass is 334 g/mol. The quantitative estimate of drug-likeness (QED) is 0.865. The first-order valence-electron chi connectivity index (χ1n) is 8.47. The van der Waals surface area contributed by atoms with Gasteiger partial charge in [0.2, 0.25) is 11.7 Å². The topological polar surface area (TPSA) is 68.8 Å². The number of amides is 1. The number of ether oxygens (including phenoxy) is 3. The van der Waals surface area contributed by atoms with Crippen molar-refractivity contribution in [3.8, 4) is 17.2 Å². The highest BCUT2D eigenvalue weighted by Gasteiger charge is 2.49. The highest BCUT2D eigenvalue weighted by Crippen LogP contribution is 2.45. The lowest BCUT2D eigenvalue weighted by Crippen LogP contribution is -2.44. The highest BCUT2D eigenvalue weighted by molar-refractivity contribution is 5.96. The molecule has 6 nitrogen and oxygen atoms in total. The van der Waals surface area contributed by atoms with E-state index in [2.05, 4.69) is 10.6 Å². The van der Waals surface area contributed by atoms with E-state index in [0.717, 1.165) is 32.4 Å². The third-order valence-electron chi connectivity index (χ3n) is 5.41. The van der Waals surface area contributed by atoms with Crippen molar-refractivity contribution >= 4 is 11.6 Å². The Labute approximate surface area is 142 Å². The van der Waals surface area contributed by atoms with E-state index in [-0.39, 0.29) is 11.3 Å². The molecule has 0 radical (unpaired) electrons. The van der Waals surface area contributed by atoms with Crippen LogP contribution in [0.3, 0.4) is 0 Å². The van der Waals surface area contributed by atoms with Crippen LogP contribution in [0, 0.1) is 11.3 Å². The summed E-state index contributed by atoms with van der Waals surface area (Å²) in [5.41, 5.74) is 0.374. The third-order valence-corrected chi connectivity index (χ3v) is 5.41. The fourth-order valence-corrected chi connectivity index (χ4v) is 4.10. The molecule has 1 saturated heterocycles. The fourth-order valence-electron chi connectivity index (χ4n) is 4.10. The van der Waals surface area contributed by atoms with E-state index in [9.17, 15) is 4.79 Å². The number of carbonyl (C=O) groups excluding carboxylic acids is 1. The predicted molar refractivity (Wildman–Crippen MR) is 92.0 cm³/mol. The molecule has 0 spiro atoms. The van der Waals surface area contributed by atoms with Gasteiger partial charge in [0, 0.05) is 24.4 Å². The van der Waals surface area contributed by atoms with Crippen molar-refractivity contribution in [1.82, 2.24) is 5.32 Å². The van der Waals surface area contributed by atoms with Crippen molar-refractivity contribution in [1.29, 1.82) is 0 Å². The molecule has 0 bridgehead atoms. The summed E-state index contributed by atoms with van der Waals surface area (Å²) in [4.78, 5) is 13.1. The van der Waals surface area contributed by atoms with Gasteiger partial charge in [-0.05, 0) is 25.3 Å². The van der Waals surface area contributed by atoms with Crippen LogP contribution >= 0.6 is 0 Å². The molecule has 1 aliphatic carbocycles. The number of carbonyl (C=O) groups is 1. The van der Waals surface area contributed by atoms with Crippen LogP contribution in [0.2, 0.25) is 0 Å². The van der Waals surface area contributed by atoms with Crippen molar-refractivity contribution in [2.24, 2.45) is 11.3 Å². The summed E-state index contributed by atoms with van der Waals surface area (Å²) in [7, 11) is 4.70. The third kappa shape index (κ3) is 2.79. The predicted octanol–water partition coefficient (Wildman–Crippen LogP) is 2.43. The van der Waals surface area contributed by atoms with E-state index < -0.39 is 0 Å². The molecule has 1 amide bonds. The van der Waals surface area contributed by atoms with Gasteiger partial charge >= 0.3 is 0 Å². The number of hydrogen-bond acceptors (Lipinski definition) is 5. The van der Waals surface area contributed by atoms with Gasteiger partial charge in [-0.15, -0.1) is 0 Å². The maximum absolute atomic E-state index is 13.1. The molecule has 6 heteroatoms. The number of benzene rings is 1. The Bertz CT molecular complexity index is 594. The van der Waals surface area contributed by atoms with Gasteiger partial charge in [-0.2, -0.15) is 0 Å². The van der Waals surface area contributed by atoms with Gasteiger partial charge in [0.15, 0.2) is 11.5 Å². The second-order valence-electron chi connectivity index (χ2n) is 6.60. The number of anilines is 1. The zero-order chi connectivity index (χ0) is 17.2. The lowest BCUT2D eigenvalue weighted by molar-refractivity contribution is -0.128. The Morgan fingerprint density at radius 1 is 1.17 bits per heavy atom. The number of nitrogens with one attached hydrogen (secondary N) is 2. The summed E-state index contributed by atoms with van der Waals surface area (Å²) in [5, 5.41) is 6.48. The van der Waals surface area contributed by atoms with Crippen molar-refractivity contribution in [3.63, 3.8) is 0 Å². The van der Waals surface area contributed by atoms with Crippen LogP contribution < -0.4 is 24.8 Å². The second-order valence-corrected chi connectivity index (χ2v) is 6.60. The van der Waals surface area contributed by atoms with Gasteiger partial charge < -0.3 is 24.8 Å². The molecular weight excluding hydrogens is 308 g/mol. The van der Waals surface area contributed by atoms with E-state index in [4.69, 9.17) is 14.2 Å². The largest absolute Gasteiger partial charge is 0.493 e. The minimum Gasteiger partial charge on any atom is -0.493 e. The van der Waals surface area contributed by atoms with Crippen molar-refractivity contribution < 1.29 is 19.0 Å². The first kappa shape index (κ1) is 16.9. The lowest BCUT2D eigenvalue weighted by atomic mass is 9.67. The molecule has 132 valence electrons. The molecule has 24 heavy (non-hydrogen) atoms. The van der Waals surface area contributed by atoms with Crippen LogP contribution in [-0.4, -0.2) is 40.3 Å². The number of methoxy groups -OCH3 is 3. The normalized spacial score (nSPS) is 25.7. The Kier molecular flexibility index (Phi) is 4.85. The van der Waals surface area contributed by atoms with Crippen LogP contribution in [0.4, 0.5) is 5.69 Å². The minimum atomic E-state index is -0.293. The molecule has 2 N–H and O–H groups in total. The van der Waals surface area contributed by atoms with Crippen LogP contribution in [0.25, 0.3) is 0 Å². The average Bonchev–Trinajstić information content (AvgIpc) is 3.06. The van der Waals surface area contributed by atoms with Crippen molar-refractivity contribution in [2.45, 2.75) is 25.7 Å².